The molecule has 4 rings (SSSR count). The molecule has 30 heavy (non-hydrogen) atoms. The zero-order valence-electron chi connectivity index (χ0n) is 19.9. The second-order valence-electron chi connectivity index (χ2n) is 11.8. The Morgan fingerprint density at radius 1 is 1.03 bits per heavy atom. The van der Waals surface area contributed by atoms with Gasteiger partial charge in [-0.15, -0.1) is 0 Å². The fourth-order valence-electron chi connectivity index (χ4n) is 9.05. The van der Waals surface area contributed by atoms with Crippen molar-refractivity contribution in [3.05, 3.63) is 0 Å². The number of hydrogen-bond acceptors (Lipinski definition) is 4. The summed E-state index contributed by atoms with van der Waals surface area (Å²) in [6.45, 7) is 7.47. The quantitative estimate of drug-likeness (QED) is 0.620. The maximum atomic E-state index is 11.7. The fourth-order valence-corrected chi connectivity index (χ4v) is 9.05. The van der Waals surface area contributed by atoms with Gasteiger partial charge in [0, 0.05) is 13.5 Å². The lowest BCUT2D eigenvalue weighted by Crippen LogP contribution is -2.59. The minimum Gasteiger partial charge on any atom is -0.469 e. The summed E-state index contributed by atoms with van der Waals surface area (Å²) in [5.74, 6) is 3.91. The molecule has 0 amide bonds. The predicted molar refractivity (Wildman–Crippen MR) is 118 cm³/mol. The number of carbonyl (C=O) groups excluding carboxylic acids is 1. The van der Waals surface area contributed by atoms with Crippen LogP contribution in [0.15, 0.2) is 0 Å². The van der Waals surface area contributed by atoms with Crippen LogP contribution in [0.3, 0.4) is 0 Å². The molecule has 0 radical (unpaired) electrons. The van der Waals surface area contributed by atoms with E-state index in [0.717, 1.165) is 37.5 Å². The second-order valence-corrected chi connectivity index (χ2v) is 11.8. The van der Waals surface area contributed by atoms with Gasteiger partial charge in [-0.25, -0.2) is 0 Å². The van der Waals surface area contributed by atoms with Crippen molar-refractivity contribution in [1.82, 2.24) is 0 Å². The maximum absolute atomic E-state index is 11.7. The Balaban J connectivity index is 1.55. The van der Waals surface area contributed by atoms with Crippen LogP contribution in [0.2, 0.25) is 0 Å². The number of methoxy groups -OCH3 is 2. The van der Waals surface area contributed by atoms with Crippen molar-refractivity contribution in [2.45, 2.75) is 97.2 Å². The largest absolute Gasteiger partial charge is 0.469 e. The average Bonchev–Trinajstić information content (AvgIpc) is 3.09. The van der Waals surface area contributed by atoms with Crippen molar-refractivity contribution in [2.24, 2.45) is 46.3 Å². The third kappa shape index (κ3) is 3.54. The van der Waals surface area contributed by atoms with E-state index in [9.17, 15) is 9.90 Å². The molecule has 1 N–H and O–H groups in total. The van der Waals surface area contributed by atoms with E-state index in [4.69, 9.17) is 9.47 Å². The van der Waals surface area contributed by atoms with E-state index in [1.807, 2.05) is 7.11 Å². The van der Waals surface area contributed by atoms with E-state index >= 15 is 0 Å². The minimum atomic E-state index is -0.113. The lowest BCUT2D eigenvalue weighted by Gasteiger charge is -2.63. The number of aliphatic hydroxyl groups is 1. The van der Waals surface area contributed by atoms with Crippen molar-refractivity contribution >= 4 is 5.97 Å². The van der Waals surface area contributed by atoms with Crippen molar-refractivity contribution in [3.8, 4) is 0 Å². The van der Waals surface area contributed by atoms with E-state index in [1.54, 1.807) is 0 Å². The van der Waals surface area contributed by atoms with E-state index < -0.39 is 0 Å². The first-order valence-corrected chi connectivity index (χ1v) is 12.5. The van der Waals surface area contributed by atoms with Gasteiger partial charge >= 0.3 is 5.97 Å². The van der Waals surface area contributed by atoms with Crippen LogP contribution in [-0.2, 0) is 14.3 Å². The van der Waals surface area contributed by atoms with Gasteiger partial charge in [0.15, 0.2) is 0 Å². The number of esters is 1. The summed E-state index contributed by atoms with van der Waals surface area (Å²) in [6, 6.07) is 0. The number of ether oxygens (including phenoxy) is 2. The van der Waals surface area contributed by atoms with Crippen molar-refractivity contribution < 1.29 is 19.4 Å². The molecule has 6 unspecified atom stereocenters. The number of fused-ring (bicyclic) bond motifs is 5. The summed E-state index contributed by atoms with van der Waals surface area (Å²) in [5.41, 5.74) is 0.736. The summed E-state index contributed by atoms with van der Waals surface area (Å²) in [5, 5.41) is 10.3. The summed E-state index contributed by atoms with van der Waals surface area (Å²) in [7, 11) is 3.41. The topological polar surface area (TPSA) is 55.8 Å². The maximum Gasteiger partial charge on any atom is 0.305 e. The Labute approximate surface area is 183 Å². The number of carbonyl (C=O) groups is 1. The minimum absolute atomic E-state index is 0.0737. The van der Waals surface area contributed by atoms with Gasteiger partial charge in [-0.2, -0.15) is 0 Å². The smallest absolute Gasteiger partial charge is 0.305 e. The van der Waals surface area contributed by atoms with Crippen molar-refractivity contribution in [1.29, 1.82) is 0 Å². The van der Waals surface area contributed by atoms with Crippen LogP contribution >= 0.6 is 0 Å². The van der Waals surface area contributed by atoms with Crippen LogP contribution in [0.4, 0.5) is 0 Å². The van der Waals surface area contributed by atoms with Gasteiger partial charge in [0.2, 0.25) is 0 Å². The zero-order chi connectivity index (χ0) is 21.7. The highest BCUT2D eigenvalue weighted by Crippen LogP contribution is 2.68. The molecule has 10 atom stereocenters. The molecule has 4 aliphatic carbocycles. The third-order valence-corrected chi connectivity index (χ3v) is 10.7. The van der Waals surface area contributed by atoms with Gasteiger partial charge < -0.3 is 14.6 Å². The lowest BCUT2D eigenvalue weighted by atomic mass is 9.43. The molecule has 4 aliphatic rings. The van der Waals surface area contributed by atoms with Gasteiger partial charge in [-0.05, 0) is 104 Å². The Morgan fingerprint density at radius 2 is 1.73 bits per heavy atom. The molecule has 0 aromatic rings. The molecule has 4 fully saturated rings. The Bertz CT molecular complexity index is 635. The highest BCUT2D eigenvalue weighted by atomic mass is 16.5. The molecular formula is C26H44O4. The van der Waals surface area contributed by atoms with Gasteiger partial charge in [0.1, 0.15) is 0 Å². The molecule has 4 saturated carbocycles. The monoisotopic (exact) mass is 420 g/mol. The van der Waals surface area contributed by atoms with E-state index in [0.29, 0.717) is 47.0 Å². The number of rotatable bonds is 5. The van der Waals surface area contributed by atoms with Crippen LogP contribution < -0.4 is 0 Å². The third-order valence-electron chi connectivity index (χ3n) is 10.7. The number of hydrogen-bond donors (Lipinski definition) is 1. The first-order valence-electron chi connectivity index (χ1n) is 12.5. The summed E-state index contributed by atoms with van der Waals surface area (Å²) >= 11 is 0. The molecule has 0 aromatic carbocycles. The summed E-state index contributed by atoms with van der Waals surface area (Å²) in [6.07, 6.45) is 11.2. The van der Waals surface area contributed by atoms with E-state index in [2.05, 4.69) is 20.8 Å². The van der Waals surface area contributed by atoms with Crippen molar-refractivity contribution in [2.75, 3.05) is 14.2 Å². The molecule has 0 spiro atoms. The molecule has 0 aliphatic heterocycles. The summed E-state index contributed by atoms with van der Waals surface area (Å²) < 4.78 is 11.1. The van der Waals surface area contributed by atoms with Gasteiger partial charge in [0.05, 0.1) is 19.3 Å². The first kappa shape index (κ1) is 22.6. The lowest BCUT2D eigenvalue weighted by molar-refractivity contribution is -0.181. The Hall–Kier alpha value is -0.610. The molecular weight excluding hydrogens is 376 g/mol. The van der Waals surface area contributed by atoms with Crippen LogP contribution in [0.25, 0.3) is 0 Å². The van der Waals surface area contributed by atoms with Crippen LogP contribution in [0, 0.1) is 46.3 Å². The van der Waals surface area contributed by atoms with Crippen LogP contribution in [0.5, 0.6) is 0 Å². The van der Waals surface area contributed by atoms with Crippen molar-refractivity contribution in [3.63, 3.8) is 0 Å². The summed E-state index contributed by atoms with van der Waals surface area (Å²) in [4.78, 5) is 11.7. The molecule has 4 heteroatoms. The molecule has 4 nitrogen and oxygen atoms in total. The normalized spacial score (nSPS) is 48.9. The second kappa shape index (κ2) is 8.39. The Kier molecular flexibility index (Phi) is 6.31. The van der Waals surface area contributed by atoms with Gasteiger partial charge in [0.25, 0.3) is 0 Å². The van der Waals surface area contributed by atoms with Crippen LogP contribution in [-0.4, -0.2) is 37.5 Å². The standard InChI is InChI=1S/C26H44O4/c1-16(6-9-23(28)30-5)19-7-8-20-24-21(11-13-26(19,20)3)25(2)12-10-18(27)14-17(25)15-22(24)29-4/h16-22,24,27H,6-15H2,1-5H3/t16?,17-,18?,19+,20-,21?,22?,24+,25?,26?/m0/s1. The van der Waals surface area contributed by atoms with Crippen LogP contribution in [0.1, 0.15) is 85.0 Å². The Morgan fingerprint density at radius 3 is 2.43 bits per heavy atom. The zero-order valence-corrected chi connectivity index (χ0v) is 19.9. The van der Waals surface area contributed by atoms with E-state index in [1.165, 1.54) is 39.2 Å². The first-order chi connectivity index (χ1) is 14.2. The van der Waals surface area contributed by atoms with Gasteiger partial charge in [-0.3, -0.25) is 4.79 Å². The SMILES string of the molecule is COC(=O)CCC(C)[C@H]1CC[C@H]2[C@H]3C(OC)C[C@@H]4CC(O)CCC4(C)C3CCC12C. The predicted octanol–water partition coefficient (Wildman–Crippen LogP) is 5.22. The average molecular weight is 421 g/mol. The molecule has 0 saturated heterocycles. The molecule has 0 aromatic heterocycles. The molecule has 0 heterocycles. The highest BCUT2D eigenvalue weighted by Gasteiger charge is 2.63. The number of aliphatic hydroxyl groups excluding tert-OH is 1. The molecule has 172 valence electrons. The fraction of sp³-hybridized carbons (Fsp3) is 0.962. The molecule has 0 bridgehead atoms. The highest BCUT2D eigenvalue weighted by molar-refractivity contribution is 5.69. The van der Waals surface area contributed by atoms with E-state index in [-0.39, 0.29) is 12.1 Å². The van der Waals surface area contributed by atoms with Gasteiger partial charge in [-0.1, -0.05) is 20.8 Å².